The lowest BCUT2D eigenvalue weighted by molar-refractivity contribution is -0.139. The van der Waals surface area contributed by atoms with Crippen LogP contribution in [0, 0.1) is 0 Å². The van der Waals surface area contributed by atoms with Gasteiger partial charge in [-0.25, -0.2) is 8.42 Å². The Morgan fingerprint density at radius 1 is 1.06 bits per heavy atom. The normalized spacial score (nSPS) is 12.0. The van der Waals surface area contributed by atoms with E-state index in [0.29, 0.717) is 33.7 Å². The first kappa shape index (κ1) is 28.5. The Labute approximate surface area is 215 Å². The number of sulfonamides is 1. The van der Waals surface area contributed by atoms with E-state index >= 15 is 0 Å². The van der Waals surface area contributed by atoms with E-state index in [0.717, 1.165) is 10.6 Å². The maximum Gasteiger partial charge on any atom is 0.244 e. The molecule has 0 aliphatic rings. The number of amides is 2. The summed E-state index contributed by atoms with van der Waals surface area (Å²) in [6.07, 6.45) is 0.991. The molecule has 0 spiro atoms. The summed E-state index contributed by atoms with van der Waals surface area (Å²) in [6, 6.07) is 8.40. The van der Waals surface area contributed by atoms with Crippen LogP contribution < -0.4 is 19.1 Å². The van der Waals surface area contributed by atoms with Gasteiger partial charge in [-0.3, -0.25) is 13.9 Å². The van der Waals surface area contributed by atoms with E-state index in [4.69, 9.17) is 32.7 Å². The third kappa shape index (κ3) is 7.39. The number of ether oxygens (including phenoxy) is 2. The lowest BCUT2D eigenvalue weighted by atomic mass is 10.1. The van der Waals surface area contributed by atoms with Gasteiger partial charge in [-0.15, -0.1) is 0 Å². The van der Waals surface area contributed by atoms with Crippen molar-refractivity contribution in [2.45, 2.75) is 26.4 Å². The molecule has 2 amide bonds. The number of rotatable bonds is 11. The quantitative estimate of drug-likeness (QED) is 0.464. The smallest absolute Gasteiger partial charge is 0.244 e. The SMILES string of the molecule is CCNC(=O)[C@@H](C)N(Cc1ccc(Cl)cc1Cl)C(=O)CN(c1ccc(OC)c(OC)c1)S(C)(=O)=O. The van der Waals surface area contributed by atoms with Gasteiger partial charge in [0.2, 0.25) is 21.8 Å². The summed E-state index contributed by atoms with van der Waals surface area (Å²) in [5, 5.41) is 3.42. The molecule has 0 heterocycles. The van der Waals surface area contributed by atoms with E-state index in [1.807, 2.05) is 0 Å². The van der Waals surface area contributed by atoms with Gasteiger partial charge in [0, 0.05) is 29.2 Å². The van der Waals surface area contributed by atoms with Gasteiger partial charge in [0.05, 0.1) is 26.2 Å². The first-order valence-corrected chi connectivity index (χ1v) is 13.2. The van der Waals surface area contributed by atoms with Crippen LogP contribution in [-0.4, -0.2) is 64.7 Å². The van der Waals surface area contributed by atoms with E-state index in [1.165, 1.54) is 37.3 Å². The standard InChI is InChI=1S/C23H29Cl2N3O6S/c1-6-26-23(30)15(2)27(13-16-7-8-17(24)11-19(16)25)22(29)14-28(35(5,31)32)18-9-10-20(33-3)21(12-18)34-4/h7-12,15H,6,13-14H2,1-5H3,(H,26,30)/t15-/m1/s1. The highest BCUT2D eigenvalue weighted by Gasteiger charge is 2.30. The molecule has 1 atom stereocenters. The number of halogens is 2. The molecule has 2 rings (SSSR count). The minimum atomic E-state index is -3.89. The zero-order valence-corrected chi connectivity index (χ0v) is 22.5. The number of carbonyl (C=O) groups is 2. The Kier molecular flexibility index (Phi) is 10.1. The first-order valence-electron chi connectivity index (χ1n) is 10.6. The molecular formula is C23H29Cl2N3O6S. The molecule has 0 aliphatic carbocycles. The molecule has 2 aromatic carbocycles. The maximum absolute atomic E-state index is 13.5. The van der Waals surface area contributed by atoms with E-state index in [1.54, 1.807) is 32.0 Å². The minimum absolute atomic E-state index is 0.0311. The highest BCUT2D eigenvalue weighted by molar-refractivity contribution is 7.92. The molecule has 0 radical (unpaired) electrons. The second kappa shape index (κ2) is 12.3. The van der Waals surface area contributed by atoms with Crippen molar-refractivity contribution in [3.63, 3.8) is 0 Å². The molecule has 0 fully saturated rings. The molecular weight excluding hydrogens is 517 g/mol. The van der Waals surface area contributed by atoms with Gasteiger partial charge >= 0.3 is 0 Å². The molecule has 192 valence electrons. The number of likely N-dealkylation sites (N-methyl/N-ethyl adjacent to an activating group) is 1. The first-order chi connectivity index (χ1) is 16.4. The second-order valence-electron chi connectivity index (χ2n) is 7.64. The van der Waals surface area contributed by atoms with Crippen molar-refractivity contribution in [1.29, 1.82) is 0 Å². The summed E-state index contributed by atoms with van der Waals surface area (Å²) in [5.74, 6) is -0.288. The summed E-state index contributed by atoms with van der Waals surface area (Å²) in [7, 11) is -1.01. The summed E-state index contributed by atoms with van der Waals surface area (Å²) in [6.45, 7) is 3.11. The Hall–Kier alpha value is -2.69. The van der Waals surface area contributed by atoms with Crippen LogP contribution in [0.2, 0.25) is 10.0 Å². The van der Waals surface area contributed by atoms with Gasteiger partial charge in [0.25, 0.3) is 0 Å². The van der Waals surface area contributed by atoms with Crippen LogP contribution in [0.1, 0.15) is 19.4 Å². The van der Waals surface area contributed by atoms with Gasteiger partial charge in [-0.05, 0) is 43.7 Å². The van der Waals surface area contributed by atoms with Crippen LogP contribution in [-0.2, 0) is 26.2 Å². The van der Waals surface area contributed by atoms with Crippen molar-refractivity contribution in [1.82, 2.24) is 10.2 Å². The number of carbonyl (C=O) groups excluding carboxylic acids is 2. The maximum atomic E-state index is 13.5. The average Bonchev–Trinajstić information content (AvgIpc) is 2.80. The Bertz CT molecular complexity index is 1180. The molecule has 2 aromatic rings. The predicted octanol–water partition coefficient (Wildman–Crippen LogP) is 3.33. The molecule has 0 saturated carbocycles. The molecule has 0 aromatic heterocycles. The van der Waals surface area contributed by atoms with Gasteiger partial charge in [0.15, 0.2) is 11.5 Å². The molecule has 12 heteroatoms. The number of benzene rings is 2. The fraction of sp³-hybridized carbons (Fsp3) is 0.391. The zero-order valence-electron chi connectivity index (χ0n) is 20.2. The molecule has 0 bridgehead atoms. The summed E-state index contributed by atoms with van der Waals surface area (Å²) in [5.41, 5.74) is 0.756. The van der Waals surface area contributed by atoms with Crippen LogP contribution in [0.25, 0.3) is 0 Å². The Morgan fingerprint density at radius 2 is 1.71 bits per heavy atom. The fourth-order valence-corrected chi connectivity index (χ4v) is 4.64. The molecule has 0 aliphatic heterocycles. The van der Waals surface area contributed by atoms with E-state index in [-0.39, 0.29) is 18.1 Å². The monoisotopic (exact) mass is 545 g/mol. The van der Waals surface area contributed by atoms with Crippen molar-refractivity contribution in [3.05, 3.63) is 52.0 Å². The lowest BCUT2D eigenvalue weighted by Crippen LogP contribution is -2.51. The van der Waals surface area contributed by atoms with Crippen LogP contribution in [0.3, 0.4) is 0 Å². The number of anilines is 1. The molecule has 0 saturated heterocycles. The minimum Gasteiger partial charge on any atom is -0.493 e. The highest BCUT2D eigenvalue weighted by atomic mass is 35.5. The van der Waals surface area contributed by atoms with Crippen molar-refractivity contribution in [2.24, 2.45) is 0 Å². The van der Waals surface area contributed by atoms with Gasteiger partial charge < -0.3 is 19.7 Å². The Morgan fingerprint density at radius 3 is 2.26 bits per heavy atom. The summed E-state index contributed by atoms with van der Waals surface area (Å²) in [4.78, 5) is 27.4. The Balaban J connectivity index is 2.46. The largest absolute Gasteiger partial charge is 0.493 e. The number of hydrogen-bond acceptors (Lipinski definition) is 6. The van der Waals surface area contributed by atoms with Gasteiger partial charge in [-0.1, -0.05) is 29.3 Å². The van der Waals surface area contributed by atoms with Gasteiger partial charge in [0.1, 0.15) is 12.6 Å². The van der Waals surface area contributed by atoms with Crippen LogP contribution in [0.4, 0.5) is 5.69 Å². The van der Waals surface area contributed by atoms with Crippen molar-refractivity contribution in [3.8, 4) is 11.5 Å². The second-order valence-corrected chi connectivity index (χ2v) is 10.4. The zero-order chi connectivity index (χ0) is 26.3. The van der Waals surface area contributed by atoms with E-state index in [2.05, 4.69) is 5.32 Å². The van der Waals surface area contributed by atoms with Gasteiger partial charge in [-0.2, -0.15) is 0 Å². The van der Waals surface area contributed by atoms with Crippen LogP contribution in [0.5, 0.6) is 11.5 Å². The average molecular weight is 546 g/mol. The predicted molar refractivity (Wildman–Crippen MR) is 137 cm³/mol. The third-order valence-electron chi connectivity index (χ3n) is 5.21. The number of nitrogens with one attached hydrogen (secondary N) is 1. The molecule has 35 heavy (non-hydrogen) atoms. The van der Waals surface area contributed by atoms with Crippen LogP contribution >= 0.6 is 23.2 Å². The van der Waals surface area contributed by atoms with Crippen molar-refractivity contribution >= 4 is 50.7 Å². The van der Waals surface area contributed by atoms with Crippen molar-refractivity contribution < 1.29 is 27.5 Å². The fourth-order valence-electron chi connectivity index (χ4n) is 3.33. The van der Waals surface area contributed by atoms with E-state index < -0.39 is 28.5 Å². The topological polar surface area (TPSA) is 105 Å². The molecule has 1 N–H and O–H groups in total. The van der Waals surface area contributed by atoms with E-state index in [9.17, 15) is 18.0 Å². The number of nitrogens with zero attached hydrogens (tertiary/aromatic N) is 2. The van der Waals surface area contributed by atoms with Crippen molar-refractivity contribution in [2.75, 3.05) is 37.9 Å². The number of methoxy groups -OCH3 is 2. The summed E-state index contributed by atoms with van der Waals surface area (Å²) >= 11 is 12.3. The molecule has 0 unspecified atom stereocenters. The number of hydrogen-bond donors (Lipinski definition) is 1. The van der Waals surface area contributed by atoms with Crippen LogP contribution in [0.15, 0.2) is 36.4 Å². The third-order valence-corrected chi connectivity index (χ3v) is 6.94. The lowest BCUT2D eigenvalue weighted by Gasteiger charge is -2.31. The summed E-state index contributed by atoms with van der Waals surface area (Å²) < 4.78 is 36.8. The molecule has 9 nitrogen and oxygen atoms in total. The highest BCUT2D eigenvalue weighted by Crippen LogP contribution is 2.32.